The van der Waals surface area contributed by atoms with E-state index in [1.165, 1.54) is 20.8 Å². The molecular weight excluding hydrogens is 610 g/mol. The van der Waals surface area contributed by atoms with Crippen LogP contribution in [0.3, 0.4) is 0 Å². The fraction of sp³-hybridized carbons (Fsp3) is 0.833. The molecule has 3 heterocycles. The van der Waals surface area contributed by atoms with Gasteiger partial charge in [-0.3, -0.25) is 14.4 Å². The fourth-order valence-corrected chi connectivity index (χ4v) is 7.41. The van der Waals surface area contributed by atoms with Crippen molar-refractivity contribution in [3.8, 4) is 0 Å². The molecule has 15 heteroatoms. The average molecular weight is 660 g/mol. The number of nitrogens with zero attached hydrogens (tertiary/aromatic N) is 1. The highest BCUT2D eigenvalue weighted by Crippen LogP contribution is 2.40. The lowest BCUT2D eigenvalue weighted by Crippen LogP contribution is -2.61. The number of cyclic esters (lactones) is 1. The SMILES string of the molecule is CC[C@H]1OC(=O)[C@H](C)C(=O)[C@H](C)[C@@H](O[C@@H]2O[C@H](O)C[C@H](N(C)C)[C@H]2O)[C@](C)(OC(N)=O)C[C@@H](C)C(=O)[C@H](C)[C@@H]2NC(=S)O[C@]12C. The number of carbonyl (C=O) groups excluding carboxylic acids is 4. The summed E-state index contributed by atoms with van der Waals surface area (Å²) >= 11 is 5.31. The third kappa shape index (κ3) is 7.60. The van der Waals surface area contributed by atoms with Crippen LogP contribution in [0.1, 0.15) is 67.7 Å². The van der Waals surface area contributed by atoms with Crippen LogP contribution in [0, 0.1) is 23.7 Å². The third-order valence-corrected chi connectivity index (χ3v) is 9.79. The lowest BCUT2D eigenvalue weighted by atomic mass is 9.73. The van der Waals surface area contributed by atoms with Gasteiger partial charge in [0.1, 0.15) is 35.6 Å². The van der Waals surface area contributed by atoms with E-state index in [4.69, 9.17) is 41.6 Å². The van der Waals surface area contributed by atoms with E-state index in [-0.39, 0.29) is 23.8 Å². The van der Waals surface area contributed by atoms with Gasteiger partial charge in [0.15, 0.2) is 24.0 Å². The molecular formula is C30H49N3O11S. The number of aliphatic hydroxyl groups is 2. The van der Waals surface area contributed by atoms with E-state index < -0.39 is 95.7 Å². The van der Waals surface area contributed by atoms with Gasteiger partial charge in [-0.25, -0.2) is 4.79 Å². The number of aliphatic hydroxyl groups excluding tert-OH is 2. The zero-order valence-corrected chi connectivity index (χ0v) is 28.3. The molecule has 3 aliphatic heterocycles. The first-order valence-electron chi connectivity index (χ1n) is 15.4. The van der Waals surface area contributed by atoms with Crippen LogP contribution in [-0.4, -0.2) is 112 Å². The highest BCUT2D eigenvalue weighted by molar-refractivity contribution is 7.80. The number of carbonyl (C=O) groups is 4. The fourth-order valence-electron chi connectivity index (χ4n) is 7.11. The van der Waals surface area contributed by atoms with Crippen LogP contribution < -0.4 is 11.1 Å². The van der Waals surface area contributed by atoms with E-state index in [1.54, 1.807) is 46.7 Å². The molecule has 1 amide bonds. The predicted octanol–water partition coefficient (Wildman–Crippen LogP) is 1.02. The van der Waals surface area contributed by atoms with E-state index >= 15 is 0 Å². The first-order chi connectivity index (χ1) is 20.8. The van der Waals surface area contributed by atoms with Crippen molar-refractivity contribution in [2.45, 2.75) is 122 Å². The summed E-state index contributed by atoms with van der Waals surface area (Å²) in [5, 5.41) is 24.7. The van der Waals surface area contributed by atoms with E-state index in [9.17, 15) is 29.4 Å². The molecule has 3 fully saturated rings. The number of rotatable bonds is 5. The van der Waals surface area contributed by atoms with Gasteiger partial charge in [0.05, 0.1) is 6.04 Å². The number of Topliss-reactive ketones (excluding diaryl/α,β-unsaturated/α-hetero) is 2. The second-order valence-corrected chi connectivity index (χ2v) is 13.6. The summed E-state index contributed by atoms with van der Waals surface area (Å²) in [7, 11) is 3.43. The number of esters is 1. The Morgan fingerprint density at radius 2 is 1.73 bits per heavy atom. The zero-order valence-electron chi connectivity index (χ0n) is 27.5. The van der Waals surface area contributed by atoms with Crippen LogP contribution in [-0.2, 0) is 38.1 Å². The Morgan fingerprint density at radius 3 is 2.29 bits per heavy atom. The Morgan fingerprint density at radius 1 is 1.11 bits per heavy atom. The standard InChI is InChI=1S/C30H49N3O11S/c1-10-18-30(7)23(32-28(45)44-30)14(3)20(35)13(2)12-29(6,43-27(31)39)24(15(4)21(36)16(5)25(38)40-18)42-26-22(37)17(33(8)9)11-19(34)41-26/h13-19,22-24,26,34,37H,10-12H2,1-9H3,(H2,31,39)(H,32,45)/t13-,14+,15+,16-,17+,18-,19+,22-,23+,24-,26+,29-,30-/m1/s1. The number of nitrogens with one attached hydrogen (secondary N) is 1. The van der Waals surface area contributed by atoms with Gasteiger partial charge < -0.3 is 49.8 Å². The number of amides is 1. The minimum absolute atomic E-state index is 0.0472. The van der Waals surface area contributed by atoms with E-state index in [0.29, 0.717) is 6.42 Å². The van der Waals surface area contributed by atoms with Crippen LogP contribution in [0.5, 0.6) is 0 Å². The molecule has 14 nitrogen and oxygen atoms in total. The number of nitrogens with two attached hydrogens (primary N) is 1. The quantitative estimate of drug-likeness (QED) is 0.185. The monoisotopic (exact) mass is 659 g/mol. The Labute approximate surface area is 269 Å². The molecule has 0 spiro atoms. The summed E-state index contributed by atoms with van der Waals surface area (Å²) in [4.78, 5) is 55.5. The summed E-state index contributed by atoms with van der Waals surface area (Å²) in [5.41, 5.74) is 2.53. The molecule has 3 aliphatic rings. The number of ether oxygens (including phenoxy) is 5. The molecule has 0 saturated carbocycles. The normalized spacial score (nSPS) is 43.5. The number of ketones is 2. The van der Waals surface area contributed by atoms with Gasteiger partial charge in [-0.05, 0) is 59.9 Å². The van der Waals surface area contributed by atoms with Gasteiger partial charge >= 0.3 is 12.1 Å². The Kier molecular flexibility index (Phi) is 11.6. The summed E-state index contributed by atoms with van der Waals surface area (Å²) < 4.78 is 29.3. The van der Waals surface area contributed by atoms with Crippen molar-refractivity contribution >= 4 is 41.0 Å². The zero-order chi connectivity index (χ0) is 34.2. The lowest BCUT2D eigenvalue weighted by molar-refractivity contribution is -0.326. The largest absolute Gasteiger partial charge is 0.459 e. The molecule has 0 aliphatic carbocycles. The van der Waals surface area contributed by atoms with Gasteiger partial charge in [0.2, 0.25) is 0 Å². The third-order valence-electron chi connectivity index (χ3n) is 9.59. The maximum absolute atomic E-state index is 14.0. The van der Waals surface area contributed by atoms with E-state index in [0.717, 1.165) is 0 Å². The first-order valence-corrected chi connectivity index (χ1v) is 15.8. The minimum atomic E-state index is -1.76. The molecule has 5 N–H and O–H groups in total. The molecule has 0 bridgehead atoms. The molecule has 3 rings (SSSR count). The highest BCUT2D eigenvalue weighted by atomic mass is 32.1. The molecule has 0 aromatic carbocycles. The van der Waals surface area contributed by atoms with Crippen molar-refractivity contribution in [3.63, 3.8) is 0 Å². The minimum Gasteiger partial charge on any atom is -0.459 e. The van der Waals surface area contributed by atoms with Crippen LogP contribution in [0.15, 0.2) is 0 Å². The van der Waals surface area contributed by atoms with Crippen molar-refractivity contribution in [1.29, 1.82) is 0 Å². The molecule has 0 radical (unpaired) electrons. The Bertz CT molecular complexity index is 1160. The van der Waals surface area contributed by atoms with Crippen molar-refractivity contribution in [1.82, 2.24) is 10.2 Å². The Hall–Kier alpha value is -2.43. The molecule has 0 aromatic heterocycles. The number of hydrogen-bond acceptors (Lipinski definition) is 13. The first kappa shape index (κ1) is 37.0. The van der Waals surface area contributed by atoms with Gasteiger partial charge in [-0.15, -0.1) is 0 Å². The second-order valence-electron chi connectivity index (χ2n) is 13.2. The van der Waals surface area contributed by atoms with E-state index in [2.05, 4.69) is 5.32 Å². The average Bonchev–Trinajstić information content (AvgIpc) is 3.26. The van der Waals surface area contributed by atoms with Crippen molar-refractivity contribution in [2.75, 3.05) is 14.1 Å². The molecule has 3 saturated heterocycles. The number of fused-ring (bicyclic) bond motifs is 1. The van der Waals surface area contributed by atoms with Crippen LogP contribution >= 0.6 is 12.2 Å². The number of likely N-dealkylation sites (N-methyl/N-ethyl adjacent to an activating group) is 1. The van der Waals surface area contributed by atoms with Gasteiger partial charge in [0.25, 0.3) is 5.17 Å². The number of hydrogen-bond donors (Lipinski definition) is 4. The Balaban J connectivity index is 2.15. The molecule has 13 atom stereocenters. The van der Waals surface area contributed by atoms with Crippen molar-refractivity contribution in [2.24, 2.45) is 29.4 Å². The molecule has 0 unspecified atom stereocenters. The summed E-state index contributed by atoms with van der Waals surface area (Å²) in [6.07, 6.45) is -7.33. The van der Waals surface area contributed by atoms with Crippen LogP contribution in [0.4, 0.5) is 4.79 Å². The molecule has 256 valence electrons. The van der Waals surface area contributed by atoms with Crippen LogP contribution in [0.2, 0.25) is 0 Å². The maximum Gasteiger partial charge on any atom is 0.405 e. The molecule has 0 aromatic rings. The summed E-state index contributed by atoms with van der Waals surface area (Å²) in [5.74, 6) is -5.73. The number of primary amides is 1. The highest BCUT2D eigenvalue weighted by Gasteiger charge is 2.57. The lowest BCUT2D eigenvalue weighted by Gasteiger charge is -2.46. The summed E-state index contributed by atoms with van der Waals surface area (Å²) in [6.45, 7) is 11.2. The smallest absolute Gasteiger partial charge is 0.405 e. The van der Waals surface area contributed by atoms with Gasteiger partial charge in [-0.2, -0.15) is 0 Å². The number of thiocarbonyl (C=S) groups is 1. The van der Waals surface area contributed by atoms with Crippen molar-refractivity contribution in [3.05, 3.63) is 0 Å². The van der Waals surface area contributed by atoms with Gasteiger partial charge in [-0.1, -0.05) is 27.7 Å². The van der Waals surface area contributed by atoms with Crippen LogP contribution in [0.25, 0.3) is 0 Å². The summed E-state index contributed by atoms with van der Waals surface area (Å²) in [6, 6.07) is -1.29. The van der Waals surface area contributed by atoms with Gasteiger partial charge in [0, 0.05) is 30.2 Å². The predicted molar refractivity (Wildman–Crippen MR) is 163 cm³/mol. The van der Waals surface area contributed by atoms with E-state index in [1.807, 2.05) is 0 Å². The molecule has 45 heavy (non-hydrogen) atoms. The topological polar surface area (TPSA) is 196 Å². The second kappa shape index (κ2) is 14.1. The maximum atomic E-state index is 14.0. The van der Waals surface area contributed by atoms with Crippen molar-refractivity contribution < 1.29 is 53.1 Å².